The number of nitrogens with one attached hydrogen (secondary N) is 2. The molecule has 0 radical (unpaired) electrons. The van der Waals surface area contributed by atoms with Crippen molar-refractivity contribution in [3.8, 4) is 0 Å². The third-order valence-electron chi connectivity index (χ3n) is 3.54. The average Bonchev–Trinajstić information content (AvgIpc) is 2.94. The molecule has 0 saturated heterocycles. The number of anilines is 1. The third-order valence-corrected chi connectivity index (χ3v) is 4.52. The Kier molecular flexibility index (Phi) is 5.35. The molecule has 0 spiro atoms. The maximum Gasteiger partial charge on any atom is 0.344 e. The van der Waals surface area contributed by atoms with Crippen LogP contribution in [0.3, 0.4) is 0 Å². The molecule has 1 aromatic heterocycles. The lowest BCUT2D eigenvalue weighted by Gasteiger charge is -2.07. The second-order valence-electron chi connectivity index (χ2n) is 5.59. The van der Waals surface area contributed by atoms with E-state index in [0.29, 0.717) is 11.7 Å². The molecule has 6 nitrogen and oxygen atoms in total. The zero-order chi connectivity index (χ0) is 17.6. The Morgan fingerprint density at radius 1 is 1.20 bits per heavy atom. The summed E-state index contributed by atoms with van der Waals surface area (Å²) in [5, 5.41) is 9.79. The molecule has 0 atom stereocenters. The highest BCUT2D eigenvalue weighted by molar-refractivity contribution is 7.99. The molecule has 2 aromatic carbocycles. The van der Waals surface area contributed by atoms with Crippen molar-refractivity contribution in [2.24, 2.45) is 0 Å². The summed E-state index contributed by atoms with van der Waals surface area (Å²) in [6.07, 6.45) is 0. The molecule has 25 heavy (non-hydrogen) atoms. The summed E-state index contributed by atoms with van der Waals surface area (Å²) in [7, 11) is 0. The fourth-order valence-electron chi connectivity index (χ4n) is 2.37. The van der Waals surface area contributed by atoms with Gasteiger partial charge in [-0.15, -0.1) is 5.10 Å². The van der Waals surface area contributed by atoms with Gasteiger partial charge in [-0.3, -0.25) is 9.36 Å². The van der Waals surface area contributed by atoms with Gasteiger partial charge in [0, 0.05) is 5.69 Å². The topological polar surface area (TPSA) is 79.8 Å². The van der Waals surface area contributed by atoms with E-state index >= 15 is 0 Å². The summed E-state index contributed by atoms with van der Waals surface area (Å²) in [5.41, 5.74) is 2.55. The van der Waals surface area contributed by atoms with E-state index in [1.807, 2.05) is 61.5 Å². The first kappa shape index (κ1) is 17.0. The summed E-state index contributed by atoms with van der Waals surface area (Å²) in [6, 6.07) is 17.3. The van der Waals surface area contributed by atoms with Crippen LogP contribution in [-0.2, 0) is 11.3 Å². The van der Waals surface area contributed by atoms with Crippen LogP contribution in [-0.4, -0.2) is 26.4 Å². The Bertz CT molecular complexity index is 918. The highest BCUT2D eigenvalue weighted by Gasteiger charge is 2.12. The highest BCUT2D eigenvalue weighted by Crippen LogP contribution is 2.16. The van der Waals surface area contributed by atoms with Gasteiger partial charge in [-0.1, -0.05) is 54.2 Å². The Morgan fingerprint density at radius 3 is 2.76 bits per heavy atom. The van der Waals surface area contributed by atoms with Gasteiger partial charge in [-0.25, -0.2) is 9.89 Å². The van der Waals surface area contributed by atoms with E-state index in [-0.39, 0.29) is 17.3 Å². The molecular formula is C18H18N4O2S. The summed E-state index contributed by atoms with van der Waals surface area (Å²) in [5.74, 6) is 0.0323. The van der Waals surface area contributed by atoms with Crippen molar-refractivity contribution in [2.75, 3.05) is 11.1 Å². The number of H-pyrrole nitrogens is 1. The lowest BCUT2D eigenvalue weighted by molar-refractivity contribution is -0.113. The van der Waals surface area contributed by atoms with Crippen molar-refractivity contribution in [1.29, 1.82) is 0 Å². The minimum Gasteiger partial charge on any atom is -0.325 e. The number of aryl methyl sites for hydroxylation is 1. The molecule has 0 aliphatic heterocycles. The molecule has 0 bridgehead atoms. The number of nitrogens with zero attached hydrogens (tertiary/aromatic N) is 2. The SMILES string of the molecule is Cc1cccc(NC(=O)CSc2n[nH]c(=O)n2Cc2ccccc2)c1. The molecule has 1 heterocycles. The monoisotopic (exact) mass is 354 g/mol. The molecule has 7 heteroatoms. The van der Waals surface area contributed by atoms with Gasteiger partial charge < -0.3 is 5.32 Å². The van der Waals surface area contributed by atoms with E-state index in [1.165, 1.54) is 16.3 Å². The molecule has 1 amide bonds. The van der Waals surface area contributed by atoms with Gasteiger partial charge in [0.05, 0.1) is 12.3 Å². The van der Waals surface area contributed by atoms with Crippen molar-refractivity contribution < 1.29 is 4.79 Å². The molecule has 128 valence electrons. The number of amides is 1. The lowest BCUT2D eigenvalue weighted by Crippen LogP contribution is -2.19. The first-order valence-electron chi connectivity index (χ1n) is 7.80. The molecular weight excluding hydrogens is 336 g/mol. The standard InChI is InChI=1S/C18H18N4O2S/c1-13-6-5-9-15(10-13)19-16(23)12-25-18-21-20-17(24)22(18)11-14-7-3-2-4-8-14/h2-10H,11-12H2,1H3,(H,19,23)(H,20,24). The normalized spacial score (nSPS) is 10.6. The Labute approximate surface area is 149 Å². The first-order valence-corrected chi connectivity index (χ1v) is 8.79. The number of hydrogen-bond acceptors (Lipinski definition) is 4. The number of carbonyl (C=O) groups is 1. The van der Waals surface area contributed by atoms with Crippen molar-refractivity contribution in [3.05, 3.63) is 76.2 Å². The molecule has 0 saturated carbocycles. The summed E-state index contributed by atoms with van der Waals surface area (Å²) >= 11 is 1.23. The van der Waals surface area contributed by atoms with Crippen LogP contribution >= 0.6 is 11.8 Å². The Hall–Kier alpha value is -2.80. The van der Waals surface area contributed by atoms with Crippen LogP contribution in [0.5, 0.6) is 0 Å². The van der Waals surface area contributed by atoms with Gasteiger partial charge in [0.1, 0.15) is 0 Å². The number of benzene rings is 2. The summed E-state index contributed by atoms with van der Waals surface area (Å²) in [4.78, 5) is 24.1. The first-order chi connectivity index (χ1) is 12.1. The van der Waals surface area contributed by atoms with E-state index in [1.54, 1.807) is 0 Å². The summed E-state index contributed by atoms with van der Waals surface area (Å²) in [6.45, 7) is 2.38. The Morgan fingerprint density at radius 2 is 2.00 bits per heavy atom. The number of rotatable bonds is 6. The fourth-order valence-corrected chi connectivity index (χ4v) is 3.11. The fraction of sp³-hybridized carbons (Fsp3) is 0.167. The van der Waals surface area contributed by atoms with E-state index in [4.69, 9.17) is 0 Å². The van der Waals surface area contributed by atoms with Gasteiger partial charge >= 0.3 is 5.69 Å². The molecule has 3 aromatic rings. The van der Waals surface area contributed by atoms with Gasteiger partial charge in [-0.05, 0) is 30.2 Å². The van der Waals surface area contributed by atoms with Gasteiger partial charge in [0.2, 0.25) is 5.91 Å². The zero-order valence-electron chi connectivity index (χ0n) is 13.7. The molecule has 0 unspecified atom stereocenters. The maximum atomic E-state index is 12.1. The van der Waals surface area contributed by atoms with Crippen LogP contribution < -0.4 is 11.0 Å². The van der Waals surface area contributed by atoms with E-state index in [2.05, 4.69) is 15.5 Å². The van der Waals surface area contributed by atoms with Crippen LogP contribution in [0, 0.1) is 6.92 Å². The van der Waals surface area contributed by atoms with Crippen molar-refractivity contribution in [3.63, 3.8) is 0 Å². The number of thioether (sulfide) groups is 1. The van der Waals surface area contributed by atoms with Crippen LogP contribution in [0.25, 0.3) is 0 Å². The Balaban J connectivity index is 1.63. The molecule has 0 aliphatic carbocycles. The van der Waals surface area contributed by atoms with Crippen LogP contribution in [0.1, 0.15) is 11.1 Å². The number of hydrogen-bond donors (Lipinski definition) is 2. The smallest absolute Gasteiger partial charge is 0.325 e. The highest BCUT2D eigenvalue weighted by atomic mass is 32.2. The number of carbonyl (C=O) groups excluding carboxylic acids is 1. The predicted molar refractivity (Wildman–Crippen MR) is 98.9 cm³/mol. The largest absolute Gasteiger partial charge is 0.344 e. The second-order valence-corrected chi connectivity index (χ2v) is 6.53. The number of aromatic amines is 1. The van der Waals surface area contributed by atoms with Crippen LogP contribution in [0.4, 0.5) is 5.69 Å². The average molecular weight is 354 g/mol. The molecule has 3 rings (SSSR count). The van der Waals surface area contributed by atoms with Crippen molar-refractivity contribution >= 4 is 23.4 Å². The van der Waals surface area contributed by atoms with Gasteiger partial charge in [-0.2, -0.15) is 0 Å². The van der Waals surface area contributed by atoms with E-state index in [9.17, 15) is 9.59 Å². The zero-order valence-corrected chi connectivity index (χ0v) is 14.5. The van der Waals surface area contributed by atoms with E-state index < -0.39 is 0 Å². The lowest BCUT2D eigenvalue weighted by atomic mass is 10.2. The van der Waals surface area contributed by atoms with Crippen LogP contribution in [0.15, 0.2) is 64.5 Å². The molecule has 0 fully saturated rings. The molecule has 0 aliphatic rings. The predicted octanol–water partition coefficient (Wildman–Crippen LogP) is 2.66. The third kappa shape index (κ3) is 4.60. The second kappa shape index (κ2) is 7.85. The number of aromatic nitrogens is 3. The quantitative estimate of drug-likeness (QED) is 0.667. The maximum absolute atomic E-state index is 12.1. The van der Waals surface area contributed by atoms with Crippen molar-refractivity contribution in [1.82, 2.24) is 14.8 Å². The van der Waals surface area contributed by atoms with Crippen LogP contribution in [0.2, 0.25) is 0 Å². The summed E-state index contributed by atoms with van der Waals surface area (Å²) < 4.78 is 1.53. The molecule has 2 N–H and O–H groups in total. The minimum atomic E-state index is -0.287. The minimum absolute atomic E-state index is 0.141. The van der Waals surface area contributed by atoms with Gasteiger partial charge in [0.25, 0.3) is 0 Å². The van der Waals surface area contributed by atoms with Crippen molar-refractivity contribution in [2.45, 2.75) is 18.6 Å². The van der Waals surface area contributed by atoms with E-state index in [0.717, 1.165) is 16.8 Å². The van der Waals surface area contributed by atoms with Gasteiger partial charge in [0.15, 0.2) is 5.16 Å².